The van der Waals surface area contributed by atoms with Crippen molar-refractivity contribution in [2.75, 3.05) is 6.61 Å². The van der Waals surface area contributed by atoms with Crippen molar-refractivity contribution >= 4 is 27.5 Å². The van der Waals surface area contributed by atoms with Crippen LogP contribution in [0.25, 0.3) is 20.7 Å². The summed E-state index contributed by atoms with van der Waals surface area (Å²) in [5.74, 6) is 0.328. The average molecular weight is 466 g/mol. The third kappa shape index (κ3) is 5.13. The summed E-state index contributed by atoms with van der Waals surface area (Å²) in [4.78, 5) is 25.7. The molecule has 3 aromatic carbocycles. The molecule has 5 aromatic rings. The number of fused-ring (bicyclic) bond motifs is 1. The van der Waals surface area contributed by atoms with E-state index in [1.54, 1.807) is 11.3 Å². The second-order valence-electron chi connectivity index (χ2n) is 7.88. The summed E-state index contributed by atoms with van der Waals surface area (Å²) in [7, 11) is 0. The van der Waals surface area contributed by atoms with Gasteiger partial charge in [-0.05, 0) is 22.8 Å². The van der Waals surface area contributed by atoms with Crippen molar-refractivity contribution in [2.24, 2.45) is 0 Å². The zero-order valence-electron chi connectivity index (χ0n) is 18.5. The molecule has 0 spiro atoms. The lowest BCUT2D eigenvalue weighted by molar-refractivity contribution is -0.134. The van der Waals surface area contributed by atoms with Crippen molar-refractivity contribution < 1.29 is 9.53 Å². The summed E-state index contributed by atoms with van der Waals surface area (Å²) in [6, 6.07) is 32.1. The predicted molar refractivity (Wildman–Crippen MR) is 135 cm³/mol. The molecule has 6 heteroatoms. The van der Waals surface area contributed by atoms with Gasteiger partial charge in [-0.1, -0.05) is 91.0 Å². The lowest BCUT2D eigenvalue weighted by atomic mass is 10.1. The maximum atomic E-state index is 13.2. The average Bonchev–Trinajstić information content (AvgIpc) is 3.34. The van der Waals surface area contributed by atoms with Crippen LogP contribution < -0.4 is 4.74 Å². The van der Waals surface area contributed by atoms with E-state index in [-0.39, 0.29) is 12.5 Å². The lowest BCUT2D eigenvalue weighted by Crippen LogP contribution is -2.34. The van der Waals surface area contributed by atoms with E-state index < -0.39 is 0 Å². The van der Waals surface area contributed by atoms with Gasteiger partial charge >= 0.3 is 0 Å². The summed E-state index contributed by atoms with van der Waals surface area (Å²) in [6.45, 7) is 0.920. The molecule has 0 bridgehead atoms. The molecule has 5 rings (SSSR count). The van der Waals surface area contributed by atoms with Crippen molar-refractivity contribution in [3.8, 4) is 16.3 Å². The molecule has 0 aliphatic carbocycles. The number of benzene rings is 3. The van der Waals surface area contributed by atoms with E-state index >= 15 is 0 Å². The summed E-state index contributed by atoms with van der Waals surface area (Å²) in [6.07, 6.45) is 1.49. The normalized spacial score (nSPS) is 10.8. The van der Waals surface area contributed by atoms with E-state index in [1.807, 2.05) is 89.8 Å². The quantitative estimate of drug-likeness (QED) is 0.283. The van der Waals surface area contributed by atoms with Crippen molar-refractivity contribution in [1.82, 2.24) is 14.9 Å². The van der Waals surface area contributed by atoms with Gasteiger partial charge in [0.05, 0.1) is 5.39 Å². The third-order valence-corrected chi connectivity index (χ3v) is 6.56. The number of hydrogen-bond acceptors (Lipinski definition) is 5. The molecule has 0 saturated carbocycles. The Balaban J connectivity index is 1.35. The SMILES string of the molecule is O=C(COc1ncnc2sc(-c3ccccc3)cc12)N(Cc1ccccc1)Cc1ccccc1. The highest BCUT2D eigenvalue weighted by Gasteiger charge is 2.18. The van der Waals surface area contributed by atoms with Gasteiger partial charge in [0.1, 0.15) is 11.2 Å². The molecule has 0 radical (unpaired) electrons. The van der Waals surface area contributed by atoms with Gasteiger partial charge in [-0.25, -0.2) is 9.97 Å². The van der Waals surface area contributed by atoms with Gasteiger partial charge < -0.3 is 9.64 Å². The van der Waals surface area contributed by atoms with E-state index in [0.717, 1.165) is 31.8 Å². The van der Waals surface area contributed by atoms with Crippen LogP contribution in [0.15, 0.2) is 103 Å². The second-order valence-corrected chi connectivity index (χ2v) is 8.91. The van der Waals surface area contributed by atoms with Gasteiger partial charge in [-0.15, -0.1) is 11.3 Å². The van der Waals surface area contributed by atoms with Gasteiger partial charge in [-0.2, -0.15) is 0 Å². The Morgan fingerprint density at radius 1 is 0.794 bits per heavy atom. The fraction of sp³-hybridized carbons (Fsp3) is 0.107. The first-order valence-corrected chi connectivity index (χ1v) is 11.9. The minimum Gasteiger partial charge on any atom is -0.467 e. The molecule has 0 N–H and O–H groups in total. The highest BCUT2D eigenvalue weighted by atomic mass is 32.1. The van der Waals surface area contributed by atoms with Gasteiger partial charge in [-0.3, -0.25) is 4.79 Å². The number of ether oxygens (including phenoxy) is 1. The monoisotopic (exact) mass is 465 g/mol. The molecule has 0 saturated heterocycles. The minimum atomic E-state index is -0.0991. The van der Waals surface area contributed by atoms with Crippen molar-refractivity contribution in [2.45, 2.75) is 13.1 Å². The molecule has 0 unspecified atom stereocenters. The molecule has 0 atom stereocenters. The van der Waals surface area contributed by atoms with Crippen LogP contribution in [0, 0.1) is 0 Å². The zero-order chi connectivity index (χ0) is 23.2. The number of thiophene rings is 1. The first-order chi connectivity index (χ1) is 16.8. The molecule has 2 aromatic heterocycles. The highest BCUT2D eigenvalue weighted by Crippen LogP contribution is 2.35. The fourth-order valence-corrected chi connectivity index (χ4v) is 4.75. The fourth-order valence-electron chi connectivity index (χ4n) is 3.75. The van der Waals surface area contributed by atoms with Crippen LogP contribution in [0.4, 0.5) is 0 Å². The van der Waals surface area contributed by atoms with Crippen LogP contribution in [0.3, 0.4) is 0 Å². The lowest BCUT2D eigenvalue weighted by Gasteiger charge is -2.23. The van der Waals surface area contributed by atoms with E-state index in [4.69, 9.17) is 4.74 Å². The Kier molecular flexibility index (Phi) is 6.59. The molecular weight excluding hydrogens is 442 g/mol. The number of carbonyl (C=O) groups excluding carboxylic acids is 1. The summed E-state index contributed by atoms with van der Waals surface area (Å²) in [5.41, 5.74) is 3.26. The van der Waals surface area contributed by atoms with Crippen molar-refractivity contribution in [1.29, 1.82) is 0 Å². The smallest absolute Gasteiger partial charge is 0.261 e. The standard InChI is InChI=1S/C28H23N3O2S/c32-26(31(17-21-10-4-1-5-11-21)18-22-12-6-2-7-13-22)19-33-27-24-16-25(23-14-8-3-9-15-23)34-28(24)30-20-29-27/h1-16,20H,17-19H2. The van der Waals surface area contributed by atoms with Crippen molar-refractivity contribution in [3.05, 3.63) is 115 Å². The number of rotatable bonds is 8. The Labute approximate surface area is 202 Å². The van der Waals surface area contributed by atoms with E-state index in [2.05, 4.69) is 22.1 Å². The highest BCUT2D eigenvalue weighted by molar-refractivity contribution is 7.21. The van der Waals surface area contributed by atoms with Gasteiger partial charge in [0.25, 0.3) is 5.91 Å². The van der Waals surface area contributed by atoms with Crippen LogP contribution in [0.5, 0.6) is 5.88 Å². The Morgan fingerprint density at radius 2 is 1.38 bits per heavy atom. The predicted octanol–water partition coefficient (Wildman–Crippen LogP) is 5.97. The third-order valence-electron chi connectivity index (χ3n) is 5.47. The van der Waals surface area contributed by atoms with Gasteiger partial charge in [0.15, 0.2) is 6.61 Å². The van der Waals surface area contributed by atoms with Crippen LogP contribution in [-0.2, 0) is 17.9 Å². The molecule has 1 amide bonds. The van der Waals surface area contributed by atoms with Gasteiger partial charge in [0, 0.05) is 18.0 Å². The first kappa shape index (κ1) is 21.8. The number of amides is 1. The second kappa shape index (κ2) is 10.3. The summed E-state index contributed by atoms with van der Waals surface area (Å²) >= 11 is 1.58. The largest absolute Gasteiger partial charge is 0.467 e. The minimum absolute atomic E-state index is 0.0949. The maximum absolute atomic E-state index is 13.2. The van der Waals surface area contributed by atoms with Crippen LogP contribution >= 0.6 is 11.3 Å². The number of aromatic nitrogens is 2. The molecule has 34 heavy (non-hydrogen) atoms. The Morgan fingerprint density at radius 3 is 2.00 bits per heavy atom. The Bertz CT molecular complexity index is 1330. The van der Waals surface area contributed by atoms with E-state index in [9.17, 15) is 4.79 Å². The first-order valence-electron chi connectivity index (χ1n) is 11.0. The molecule has 0 aliphatic heterocycles. The summed E-state index contributed by atoms with van der Waals surface area (Å²) < 4.78 is 5.95. The number of carbonyl (C=O) groups is 1. The molecule has 0 aliphatic rings. The number of nitrogens with zero attached hydrogens (tertiary/aromatic N) is 3. The molecular formula is C28H23N3O2S. The molecule has 2 heterocycles. The van der Waals surface area contributed by atoms with Crippen molar-refractivity contribution in [3.63, 3.8) is 0 Å². The van der Waals surface area contributed by atoms with E-state index in [1.165, 1.54) is 6.33 Å². The Hall–Kier alpha value is -4.03. The van der Waals surface area contributed by atoms with E-state index in [0.29, 0.717) is 19.0 Å². The van der Waals surface area contributed by atoms with Crippen LogP contribution in [0.2, 0.25) is 0 Å². The zero-order valence-corrected chi connectivity index (χ0v) is 19.3. The molecule has 0 fully saturated rings. The molecule has 5 nitrogen and oxygen atoms in total. The van der Waals surface area contributed by atoms with Crippen LogP contribution in [0.1, 0.15) is 11.1 Å². The van der Waals surface area contributed by atoms with Gasteiger partial charge in [0.2, 0.25) is 5.88 Å². The van der Waals surface area contributed by atoms with Crippen LogP contribution in [-0.4, -0.2) is 27.4 Å². The topological polar surface area (TPSA) is 55.3 Å². The molecule has 168 valence electrons. The summed E-state index contributed by atoms with van der Waals surface area (Å²) in [5, 5.41) is 0.817. The maximum Gasteiger partial charge on any atom is 0.261 e. The number of hydrogen-bond donors (Lipinski definition) is 0.